The van der Waals surface area contributed by atoms with Gasteiger partial charge in [0.25, 0.3) is 6.02 Å². The van der Waals surface area contributed by atoms with E-state index in [9.17, 15) is 22.0 Å². The topological polar surface area (TPSA) is 33.6 Å². The molecule has 0 radical (unpaired) electrons. The highest BCUT2D eigenvalue weighted by Crippen LogP contribution is 2.23. The Labute approximate surface area is 125 Å². The lowest BCUT2D eigenvalue weighted by molar-refractivity contribution is 0.251. The van der Waals surface area contributed by atoms with Crippen molar-refractivity contribution >= 4 is 6.02 Å². The third-order valence-corrected chi connectivity index (χ3v) is 2.44. The molecule has 22 heavy (non-hydrogen) atoms. The molecule has 3 nitrogen and oxygen atoms in total. The number of halogens is 5. The molecule has 1 aromatic carbocycles. The van der Waals surface area contributed by atoms with Crippen LogP contribution in [0.4, 0.5) is 22.0 Å². The van der Waals surface area contributed by atoms with Gasteiger partial charge in [0.15, 0.2) is 23.3 Å². The van der Waals surface area contributed by atoms with Crippen molar-refractivity contribution in [2.75, 3.05) is 0 Å². The molecule has 0 unspecified atom stereocenters. The van der Waals surface area contributed by atoms with E-state index in [1.165, 1.54) is 0 Å². The number of ether oxygens (including phenoxy) is 1. The monoisotopic (exact) mass is 324 g/mol. The summed E-state index contributed by atoms with van der Waals surface area (Å²) in [6.45, 7) is 6.19. The molecule has 0 amide bonds. The van der Waals surface area contributed by atoms with E-state index in [0.717, 1.165) is 0 Å². The average Bonchev–Trinajstić information content (AvgIpc) is 2.41. The van der Waals surface area contributed by atoms with E-state index >= 15 is 0 Å². The smallest absolute Gasteiger partial charge is 0.285 e. The zero-order valence-electron chi connectivity index (χ0n) is 12.6. The highest BCUT2D eigenvalue weighted by molar-refractivity contribution is 5.74. The minimum Gasteiger partial charge on any atom is -0.460 e. The van der Waals surface area contributed by atoms with Crippen LogP contribution in [0.25, 0.3) is 0 Å². The van der Waals surface area contributed by atoms with Crippen LogP contribution in [0.3, 0.4) is 0 Å². The Morgan fingerprint density at radius 3 is 1.77 bits per heavy atom. The van der Waals surface area contributed by atoms with Crippen LogP contribution in [0.15, 0.2) is 4.99 Å². The predicted octanol–water partition coefficient (Wildman–Crippen LogP) is 3.66. The minimum absolute atomic E-state index is 0.0334. The van der Waals surface area contributed by atoms with Crippen LogP contribution in [0, 0.1) is 29.1 Å². The standard InChI is InChI=1S/C14H17F5N2O/c1-6(2)20-14(21-7(3)4)22-5-8-9(15)11(17)13(19)12(18)10(8)16/h6-7H,5H2,1-4H3,(H,20,21). The van der Waals surface area contributed by atoms with Crippen molar-refractivity contribution in [3.8, 4) is 0 Å². The lowest BCUT2D eigenvalue weighted by Crippen LogP contribution is -2.33. The molecule has 124 valence electrons. The van der Waals surface area contributed by atoms with E-state index in [1.54, 1.807) is 27.7 Å². The van der Waals surface area contributed by atoms with Crippen LogP contribution in [0.2, 0.25) is 0 Å². The van der Waals surface area contributed by atoms with Crippen LogP contribution in [-0.4, -0.2) is 18.1 Å². The first-order valence-corrected chi connectivity index (χ1v) is 6.62. The summed E-state index contributed by atoms with van der Waals surface area (Å²) in [4.78, 5) is 4.03. The second-order valence-corrected chi connectivity index (χ2v) is 5.16. The molecular formula is C14H17F5N2O. The fourth-order valence-corrected chi connectivity index (χ4v) is 1.52. The van der Waals surface area contributed by atoms with Crippen molar-refractivity contribution in [2.24, 2.45) is 4.99 Å². The summed E-state index contributed by atoms with van der Waals surface area (Å²) >= 11 is 0. The van der Waals surface area contributed by atoms with Gasteiger partial charge in [-0.1, -0.05) is 0 Å². The Balaban J connectivity index is 3.04. The molecule has 0 bridgehead atoms. The first kappa shape index (κ1) is 18.2. The van der Waals surface area contributed by atoms with Gasteiger partial charge in [-0.3, -0.25) is 0 Å². The number of hydrogen-bond acceptors (Lipinski definition) is 2. The van der Waals surface area contributed by atoms with Crippen molar-refractivity contribution < 1.29 is 26.7 Å². The molecule has 0 saturated heterocycles. The number of amidine groups is 1. The van der Waals surface area contributed by atoms with Gasteiger partial charge in [0.1, 0.15) is 6.61 Å². The Kier molecular flexibility index (Phi) is 6.13. The summed E-state index contributed by atoms with van der Waals surface area (Å²) in [5.74, 6) is -10.0. The normalized spacial score (nSPS) is 12.2. The van der Waals surface area contributed by atoms with Crippen molar-refractivity contribution in [1.29, 1.82) is 0 Å². The van der Waals surface area contributed by atoms with Gasteiger partial charge in [-0.15, -0.1) is 0 Å². The van der Waals surface area contributed by atoms with E-state index in [1.807, 2.05) is 0 Å². The van der Waals surface area contributed by atoms with Crippen molar-refractivity contribution in [3.63, 3.8) is 0 Å². The van der Waals surface area contributed by atoms with Gasteiger partial charge in [0, 0.05) is 12.1 Å². The molecule has 0 heterocycles. The van der Waals surface area contributed by atoms with Gasteiger partial charge in [0.05, 0.1) is 5.56 Å². The number of hydrogen-bond donors (Lipinski definition) is 1. The second-order valence-electron chi connectivity index (χ2n) is 5.16. The quantitative estimate of drug-likeness (QED) is 0.301. The molecule has 0 aliphatic heterocycles. The fourth-order valence-electron chi connectivity index (χ4n) is 1.52. The fraction of sp³-hybridized carbons (Fsp3) is 0.500. The van der Waals surface area contributed by atoms with Gasteiger partial charge in [-0.2, -0.15) is 0 Å². The maximum Gasteiger partial charge on any atom is 0.285 e. The van der Waals surface area contributed by atoms with E-state index in [4.69, 9.17) is 4.74 Å². The molecule has 1 aromatic rings. The third kappa shape index (κ3) is 4.32. The lowest BCUT2D eigenvalue weighted by Gasteiger charge is -2.16. The first-order valence-electron chi connectivity index (χ1n) is 6.62. The molecule has 0 atom stereocenters. The SMILES string of the molecule is CC(C)N=C(NC(C)C)OCc1c(F)c(F)c(F)c(F)c1F. The van der Waals surface area contributed by atoms with Crippen molar-refractivity contribution in [2.45, 2.75) is 46.4 Å². The summed E-state index contributed by atoms with van der Waals surface area (Å²) in [5, 5.41) is 2.78. The molecule has 8 heteroatoms. The van der Waals surface area contributed by atoms with E-state index in [2.05, 4.69) is 10.3 Å². The summed E-state index contributed by atoms with van der Waals surface area (Å²) in [7, 11) is 0. The number of aliphatic imine (C=N–C) groups is 1. The molecule has 0 fully saturated rings. The third-order valence-electron chi connectivity index (χ3n) is 2.44. The zero-order valence-corrected chi connectivity index (χ0v) is 12.6. The van der Waals surface area contributed by atoms with Crippen LogP contribution >= 0.6 is 0 Å². The molecule has 1 N–H and O–H groups in total. The maximum atomic E-state index is 13.5. The molecular weight excluding hydrogens is 307 g/mol. The molecule has 0 aliphatic rings. The highest BCUT2D eigenvalue weighted by Gasteiger charge is 2.26. The van der Waals surface area contributed by atoms with Gasteiger partial charge in [-0.05, 0) is 27.7 Å². The highest BCUT2D eigenvalue weighted by atomic mass is 19.2. The van der Waals surface area contributed by atoms with Crippen LogP contribution in [0.5, 0.6) is 0 Å². The van der Waals surface area contributed by atoms with Crippen molar-refractivity contribution in [3.05, 3.63) is 34.6 Å². The lowest BCUT2D eigenvalue weighted by atomic mass is 10.2. The molecule has 0 aliphatic carbocycles. The summed E-state index contributed by atoms with van der Waals surface area (Å²) in [6.07, 6.45) is 0. The predicted molar refractivity (Wildman–Crippen MR) is 71.9 cm³/mol. The first-order chi connectivity index (χ1) is 10.1. The van der Waals surface area contributed by atoms with Crippen molar-refractivity contribution in [1.82, 2.24) is 5.32 Å². The van der Waals surface area contributed by atoms with E-state index in [0.29, 0.717) is 0 Å². The average molecular weight is 324 g/mol. The van der Waals surface area contributed by atoms with E-state index < -0.39 is 41.3 Å². The number of benzene rings is 1. The van der Waals surface area contributed by atoms with Crippen LogP contribution in [0.1, 0.15) is 33.3 Å². The second kappa shape index (κ2) is 7.42. The zero-order chi connectivity index (χ0) is 17.0. The number of nitrogens with one attached hydrogen (secondary N) is 1. The van der Waals surface area contributed by atoms with Gasteiger partial charge in [0.2, 0.25) is 5.82 Å². The van der Waals surface area contributed by atoms with E-state index in [-0.39, 0.29) is 18.1 Å². The summed E-state index contributed by atoms with van der Waals surface area (Å²) in [6, 6.07) is -0.305. The Morgan fingerprint density at radius 2 is 1.36 bits per heavy atom. The Hall–Kier alpha value is -1.86. The van der Waals surface area contributed by atoms with Gasteiger partial charge in [-0.25, -0.2) is 26.9 Å². The van der Waals surface area contributed by atoms with Crippen LogP contribution < -0.4 is 5.32 Å². The number of nitrogens with zero attached hydrogens (tertiary/aromatic N) is 1. The minimum atomic E-state index is -2.20. The summed E-state index contributed by atoms with van der Waals surface area (Å²) < 4.78 is 71.2. The van der Waals surface area contributed by atoms with Gasteiger partial charge < -0.3 is 10.1 Å². The largest absolute Gasteiger partial charge is 0.460 e. The number of rotatable bonds is 4. The maximum absolute atomic E-state index is 13.5. The molecule has 0 saturated carbocycles. The molecule has 1 rings (SSSR count). The summed E-state index contributed by atoms with van der Waals surface area (Å²) in [5.41, 5.74) is -1.04. The Bertz CT molecular complexity index is 544. The molecule has 0 spiro atoms. The Morgan fingerprint density at radius 1 is 0.909 bits per heavy atom. The van der Waals surface area contributed by atoms with Crippen LogP contribution in [-0.2, 0) is 11.3 Å². The van der Waals surface area contributed by atoms with Gasteiger partial charge >= 0.3 is 0 Å². The molecule has 0 aromatic heterocycles.